The molecule has 0 spiro atoms. The van der Waals surface area contributed by atoms with Crippen molar-refractivity contribution in [1.82, 2.24) is 5.32 Å². The maximum atomic E-state index is 12.1. The van der Waals surface area contributed by atoms with Crippen LogP contribution in [-0.2, 0) is 17.6 Å². The van der Waals surface area contributed by atoms with E-state index in [9.17, 15) is 4.79 Å². The molecule has 0 atom stereocenters. The van der Waals surface area contributed by atoms with Crippen LogP contribution in [0.5, 0.6) is 11.5 Å². The molecule has 128 valence electrons. The molecule has 24 heavy (non-hydrogen) atoms. The van der Waals surface area contributed by atoms with Crippen LogP contribution in [0.1, 0.15) is 22.3 Å². The van der Waals surface area contributed by atoms with E-state index in [-0.39, 0.29) is 5.91 Å². The number of hydrogen-bond donors (Lipinski definition) is 1. The first-order valence-corrected chi connectivity index (χ1v) is 8.07. The summed E-state index contributed by atoms with van der Waals surface area (Å²) in [6.45, 7) is 4.69. The van der Waals surface area contributed by atoms with Crippen molar-refractivity contribution in [1.29, 1.82) is 0 Å². The highest BCUT2D eigenvalue weighted by atomic mass is 16.5. The summed E-state index contributed by atoms with van der Waals surface area (Å²) in [7, 11) is 3.23. The molecule has 0 aromatic heterocycles. The van der Waals surface area contributed by atoms with Gasteiger partial charge >= 0.3 is 0 Å². The van der Waals surface area contributed by atoms with Gasteiger partial charge in [0.15, 0.2) is 11.5 Å². The number of benzene rings is 2. The summed E-state index contributed by atoms with van der Waals surface area (Å²) in [5.74, 6) is 1.46. The van der Waals surface area contributed by atoms with Crippen LogP contribution < -0.4 is 14.8 Å². The van der Waals surface area contributed by atoms with Gasteiger partial charge in [-0.2, -0.15) is 0 Å². The molecule has 4 nitrogen and oxygen atoms in total. The fourth-order valence-electron chi connectivity index (χ4n) is 2.66. The first-order chi connectivity index (χ1) is 11.5. The Morgan fingerprint density at radius 1 is 1.00 bits per heavy atom. The first kappa shape index (κ1) is 17.9. The molecule has 1 amide bonds. The van der Waals surface area contributed by atoms with Gasteiger partial charge in [0.05, 0.1) is 20.6 Å². The van der Waals surface area contributed by atoms with Gasteiger partial charge in [-0.1, -0.05) is 29.8 Å². The second-order valence-electron chi connectivity index (χ2n) is 5.90. The van der Waals surface area contributed by atoms with Crippen LogP contribution in [0.4, 0.5) is 0 Å². The minimum Gasteiger partial charge on any atom is -0.493 e. The smallest absolute Gasteiger partial charge is 0.224 e. The predicted octanol–water partition coefficient (Wildman–Crippen LogP) is 3.22. The molecule has 4 heteroatoms. The number of amides is 1. The van der Waals surface area contributed by atoms with Crippen LogP contribution in [0.15, 0.2) is 36.4 Å². The summed E-state index contributed by atoms with van der Waals surface area (Å²) in [5.41, 5.74) is 4.54. The van der Waals surface area contributed by atoms with Crippen molar-refractivity contribution in [3.05, 3.63) is 58.7 Å². The average Bonchev–Trinajstić information content (AvgIpc) is 2.57. The van der Waals surface area contributed by atoms with Gasteiger partial charge in [0.25, 0.3) is 0 Å². The highest BCUT2D eigenvalue weighted by molar-refractivity contribution is 5.78. The number of methoxy groups -OCH3 is 2. The zero-order valence-corrected chi connectivity index (χ0v) is 14.8. The molecular weight excluding hydrogens is 302 g/mol. The van der Waals surface area contributed by atoms with E-state index in [0.29, 0.717) is 24.5 Å². The van der Waals surface area contributed by atoms with E-state index in [0.717, 1.165) is 23.1 Å². The van der Waals surface area contributed by atoms with Gasteiger partial charge < -0.3 is 14.8 Å². The fraction of sp³-hybridized carbons (Fsp3) is 0.350. The Morgan fingerprint density at radius 2 is 1.75 bits per heavy atom. The molecule has 0 heterocycles. The Bertz CT molecular complexity index is 710. The summed E-state index contributed by atoms with van der Waals surface area (Å²) in [6, 6.07) is 12.0. The molecule has 1 N–H and O–H groups in total. The summed E-state index contributed by atoms with van der Waals surface area (Å²) in [4.78, 5) is 12.1. The third-order valence-corrected chi connectivity index (χ3v) is 4.03. The normalized spacial score (nSPS) is 10.3. The number of ether oxygens (including phenoxy) is 2. The van der Waals surface area contributed by atoms with Crippen molar-refractivity contribution in [3.63, 3.8) is 0 Å². The Kier molecular flexibility index (Phi) is 6.24. The number of nitrogens with one attached hydrogen (secondary N) is 1. The zero-order chi connectivity index (χ0) is 17.5. The zero-order valence-electron chi connectivity index (χ0n) is 14.8. The molecule has 0 aliphatic heterocycles. The van der Waals surface area contributed by atoms with Gasteiger partial charge in [0.2, 0.25) is 5.91 Å². The van der Waals surface area contributed by atoms with Crippen molar-refractivity contribution in [2.45, 2.75) is 26.7 Å². The third-order valence-electron chi connectivity index (χ3n) is 4.03. The molecule has 0 bridgehead atoms. The minimum atomic E-state index is 0.0439. The molecule has 0 aliphatic carbocycles. The molecule has 0 saturated carbocycles. The van der Waals surface area contributed by atoms with Gasteiger partial charge in [-0.15, -0.1) is 0 Å². The number of rotatable bonds is 7. The van der Waals surface area contributed by atoms with Crippen LogP contribution in [0.2, 0.25) is 0 Å². The van der Waals surface area contributed by atoms with Crippen molar-refractivity contribution < 1.29 is 14.3 Å². The summed E-state index contributed by atoms with van der Waals surface area (Å²) >= 11 is 0. The van der Waals surface area contributed by atoms with E-state index in [1.807, 2.05) is 37.3 Å². The monoisotopic (exact) mass is 327 g/mol. The van der Waals surface area contributed by atoms with Crippen LogP contribution in [0.3, 0.4) is 0 Å². The lowest BCUT2D eigenvalue weighted by atomic mass is 10.0. The van der Waals surface area contributed by atoms with Crippen LogP contribution in [0.25, 0.3) is 0 Å². The van der Waals surface area contributed by atoms with Crippen molar-refractivity contribution >= 4 is 5.91 Å². The molecule has 2 aromatic rings. The summed E-state index contributed by atoms with van der Waals surface area (Å²) in [5, 5.41) is 2.98. The van der Waals surface area contributed by atoms with E-state index in [1.165, 1.54) is 5.56 Å². The van der Waals surface area contributed by atoms with Crippen LogP contribution in [0, 0.1) is 13.8 Å². The van der Waals surface area contributed by atoms with E-state index >= 15 is 0 Å². The second kappa shape index (κ2) is 8.39. The summed E-state index contributed by atoms with van der Waals surface area (Å²) < 4.78 is 10.5. The number of hydrogen-bond acceptors (Lipinski definition) is 3. The number of carbonyl (C=O) groups is 1. The Labute approximate surface area is 143 Å². The third kappa shape index (κ3) is 4.75. The van der Waals surface area contributed by atoms with Crippen molar-refractivity contribution in [2.24, 2.45) is 0 Å². The number of carbonyl (C=O) groups excluding carboxylic acids is 1. The molecule has 0 radical (unpaired) electrons. The van der Waals surface area contributed by atoms with Gasteiger partial charge in [0.1, 0.15) is 0 Å². The highest BCUT2D eigenvalue weighted by Gasteiger charge is 2.07. The van der Waals surface area contributed by atoms with Gasteiger partial charge in [-0.05, 0) is 49.1 Å². The molecule has 2 rings (SSSR count). The maximum absolute atomic E-state index is 12.1. The largest absolute Gasteiger partial charge is 0.493 e. The number of aryl methyl sites for hydroxylation is 2. The lowest BCUT2D eigenvalue weighted by Crippen LogP contribution is -2.27. The molecule has 0 fully saturated rings. The molecule has 2 aromatic carbocycles. The van der Waals surface area contributed by atoms with Gasteiger partial charge in [0, 0.05) is 6.54 Å². The molecular formula is C20H25NO3. The maximum Gasteiger partial charge on any atom is 0.224 e. The average molecular weight is 327 g/mol. The van der Waals surface area contributed by atoms with Gasteiger partial charge in [-0.25, -0.2) is 0 Å². The second-order valence-corrected chi connectivity index (χ2v) is 5.90. The van der Waals surface area contributed by atoms with Crippen molar-refractivity contribution in [2.75, 3.05) is 20.8 Å². The lowest BCUT2D eigenvalue weighted by molar-refractivity contribution is -0.120. The molecule has 0 aliphatic rings. The topological polar surface area (TPSA) is 47.6 Å². The lowest BCUT2D eigenvalue weighted by Gasteiger charge is -2.11. The van der Waals surface area contributed by atoms with E-state index in [1.54, 1.807) is 14.2 Å². The van der Waals surface area contributed by atoms with Crippen molar-refractivity contribution in [3.8, 4) is 11.5 Å². The molecule has 0 saturated heterocycles. The van der Waals surface area contributed by atoms with Crippen LogP contribution >= 0.6 is 0 Å². The fourth-order valence-corrected chi connectivity index (χ4v) is 2.66. The van der Waals surface area contributed by atoms with Crippen LogP contribution in [-0.4, -0.2) is 26.7 Å². The molecule has 0 unspecified atom stereocenters. The Morgan fingerprint density at radius 3 is 2.42 bits per heavy atom. The quantitative estimate of drug-likeness (QED) is 0.849. The summed E-state index contributed by atoms with van der Waals surface area (Å²) in [6.07, 6.45) is 1.16. The van der Waals surface area contributed by atoms with Gasteiger partial charge in [-0.3, -0.25) is 4.79 Å². The Balaban J connectivity index is 1.86. The van der Waals surface area contributed by atoms with E-state index in [4.69, 9.17) is 9.47 Å². The van der Waals surface area contributed by atoms with E-state index < -0.39 is 0 Å². The standard InChI is InChI=1S/C20H25NO3/c1-14-5-7-17(15(2)11-14)13-20(22)21-10-9-16-6-8-18(23-3)19(12-16)24-4/h5-8,11-12H,9-10,13H2,1-4H3,(H,21,22). The highest BCUT2D eigenvalue weighted by Crippen LogP contribution is 2.27. The predicted molar refractivity (Wildman–Crippen MR) is 95.9 cm³/mol. The first-order valence-electron chi connectivity index (χ1n) is 8.07. The Hall–Kier alpha value is -2.49. The van der Waals surface area contributed by atoms with E-state index in [2.05, 4.69) is 18.3 Å². The minimum absolute atomic E-state index is 0.0439. The SMILES string of the molecule is COc1ccc(CCNC(=O)Cc2ccc(C)cc2C)cc1OC.